The van der Waals surface area contributed by atoms with Crippen LogP contribution in [-0.2, 0) is 4.79 Å². The molecule has 0 spiro atoms. The molecule has 0 saturated carbocycles. The zero-order chi connectivity index (χ0) is 8.27. The standard InChI is InChI=1S/C9H9OS/c1-2-8(10)7-5-3-4-6-9(7)11/h3-5H,1-2,6H2. The number of Topliss-reactive ketones (excluding diaryl/α,β-unsaturated/α-hetero) is 1. The van der Waals surface area contributed by atoms with Gasteiger partial charge in [-0.3, -0.25) is 4.79 Å². The Morgan fingerprint density at radius 2 is 2.45 bits per heavy atom. The second-order valence-corrected chi connectivity index (χ2v) is 2.80. The number of hydrogen-bond donors (Lipinski definition) is 0. The molecule has 0 N–H and O–H groups in total. The molecule has 57 valence electrons. The fourth-order valence-corrected chi connectivity index (χ4v) is 1.20. The van der Waals surface area contributed by atoms with Gasteiger partial charge in [0, 0.05) is 23.3 Å². The van der Waals surface area contributed by atoms with Gasteiger partial charge < -0.3 is 0 Å². The minimum absolute atomic E-state index is 0.0411. The van der Waals surface area contributed by atoms with Crippen LogP contribution in [-0.4, -0.2) is 10.6 Å². The van der Waals surface area contributed by atoms with E-state index in [9.17, 15) is 4.79 Å². The molecule has 0 amide bonds. The molecule has 1 radical (unpaired) electrons. The summed E-state index contributed by atoms with van der Waals surface area (Å²) in [5.41, 5.74) is 0.664. The lowest BCUT2D eigenvalue weighted by molar-refractivity contribution is -0.114. The van der Waals surface area contributed by atoms with Crippen molar-refractivity contribution in [2.75, 3.05) is 0 Å². The monoisotopic (exact) mass is 165 g/mol. The first kappa shape index (κ1) is 8.34. The van der Waals surface area contributed by atoms with Gasteiger partial charge in [-0.05, 0) is 6.92 Å². The van der Waals surface area contributed by atoms with E-state index in [4.69, 9.17) is 12.2 Å². The van der Waals surface area contributed by atoms with Crippen molar-refractivity contribution >= 4 is 22.9 Å². The molecule has 0 aromatic heterocycles. The van der Waals surface area contributed by atoms with E-state index >= 15 is 0 Å². The topological polar surface area (TPSA) is 17.1 Å². The Bertz CT molecular complexity index is 248. The number of carbonyl (C=O) groups excluding carboxylic acids is 1. The van der Waals surface area contributed by atoms with Crippen molar-refractivity contribution in [2.45, 2.75) is 12.8 Å². The van der Waals surface area contributed by atoms with Gasteiger partial charge in [0.25, 0.3) is 0 Å². The molecule has 2 heteroatoms. The fourth-order valence-electron chi connectivity index (χ4n) is 0.925. The summed E-state index contributed by atoms with van der Waals surface area (Å²) in [6, 6.07) is 0. The summed E-state index contributed by atoms with van der Waals surface area (Å²) >= 11 is 5.00. The Morgan fingerprint density at radius 1 is 1.73 bits per heavy atom. The number of allylic oxidation sites excluding steroid dienone is 4. The van der Waals surface area contributed by atoms with E-state index < -0.39 is 0 Å². The molecule has 0 aliphatic heterocycles. The molecule has 0 atom stereocenters. The average molecular weight is 165 g/mol. The summed E-state index contributed by atoms with van der Waals surface area (Å²) in [6.07, 6.45) is 6.58. The van der Waals surface area contributed by atoms with E-state index in [-0.39, 0.29) is 5.78 Å². The third kappa shape index (κ3) is 1.84. The third-order valence-corrected chi connectivity index (χ3v) is 1.92. The summed E-state index contributed by atoms with van der Waals surface area (Å²) in [7, 11) is 0. The van der Waals surface area contributed by atoms with Crippen LogP contribution in [0.25, 0.3) is 0 Å². The molecule has 0 heterocycles. The number of hydrogen-bond acceptors (Lipinski definition) is 2. The summed E-state index contributed by atoms with van der Waals surface area (Å²) in [6.45, 7) is 3.52. The first-order chi connectivity index (χ1) is 5.25. The molecular formula is C9H9OS. The number of ketones is 1. The summed E-state index contributed by atoms with van der Waals surface area (Å²) in [5.74, 6) is 0.0411. The first-order valence-electron chi connectivity index (χ1n) is 3.48. The highest BCUT2D eigenvalue weighted by Gasteiger charge is 2.12. The van der Waals surface area contributed by atoms with Crippen molar-refractivity contribution in [1.82, 2.24) is 0 Å². The third-order valence-electron chi connectivity index (χ3n) is 1.53. The number of thiocarbonyl (C=S) groups is 1. The highest BCUT2D eigenvalue weighted by Crippen LogP contribution is 2.11. The van der Waals surface area contributed by atoms with Gasteiger partial charge in [0.2, 0.25) is 0 Å². The van der Waals surface area contributed by atoms with Gasteiger partial charge in [-0.15, -0.1) is 0 Å². The van der Waals surface area contributed by atoms with Crippen LogP contribution in [0.15, 0.2) is 23.8 Å². The smallest absolute Gasteiger partial charge is 0.164 e. The van der Waals surface area contributed by atoms with Crippen molar-refractivity contribution in [3.63, 3.8) is 0 Å². The Kier molecular flexibility index (Phi) is 2.71. The predicted octanol–water partition coefficient (Wildman–Crippen LogP) is 2.04. The maximum atomic E-state index is 11.1. The molecule has 0 aromatic rings. The SMILES string of the molecule is [CH2]CC(=O)C1=CC=CCC1=S. The Balaban J connectivity index is 2.84. The van der Waals surface area contributed by atoms with Gasteiger partial charge >= 0.3 is 0 Å². The van der Waals surface area contributed by atoms with Crippen LogP contribution >= 0.6 is 12.2 Å². The molecule has 1 aliphatic rings. The molecule has 0 aromatic carbocycles. The predicted molar refractivity (Wildman–Crippen MR) is 49.4 cm³/mol. The van der Waals surface area contributed by atoms with Gasteiger partial charge in [-0.1, -0.05) is 30.4 Å². The van der Waals surface area contributed by atoms with Crippen LogP contribution in [0.3, 0.4) is 0 Å². The van der Waals surface area contributed by atoms with Crippen LogP contribution in [0, 0.1) is 6.92 Å². The maximum absolute atomic E-state index is 11.1. The minimum Gasteiger partial charge on any atom is -0.294 e. The van der Waals surface area contributed by atoms with Gasteiger partial charge in [-0.2, -0.15) is 0 Å². The number of carbonyl (C=O) groups is 1. The number of rotatable bonds is 2. The first-order valence-corrected chi connectivity index (χ1v) is 3.89. The highest BCUT2D eigenvalue weighted by atomic mass is 32.1. The van der Waals surface area contributed by atoms with Crippen molar-refractivity contribution in [2.24, 2.45) is 0 Å². The van der Waals surface area contributed by atoms with Crippen LogP contribution in [0.5, 0.6) is 0 Å². The van der Waals surface area contributed by atoms with Gasteiger partial charge in [0.05, 0.1) is 0 Å². The van der Waals surface area contributed by atoms with E-state index in [1.165, 1.54) is 0 Å². The van der Waals surface area contributed by atoms with E-state index in [1.54, 1.807) is 6.08 Å². The lowest BCUT2D eigenvalue weighted by atomic mass is 10.00. The lowest BCUT2D eigenvalue weighted by Crippen LogP contribution is -2.11. The summed E-state index contributed by atoms with van der Waals surface area (Å²) < 4.78 is 0. The van der Waals surface area contributed by atoms with E-state index in [2.05, 4.69) is 6.92 Å². The van der Waals surface area contributed by atoms with Gasteiger partial charge in [0.1, 0.15) is 0 Å². The zero-order valence-electron chi connectivity index (χ0n) is 6.17. The molecule has 0 fully saturated rings. The molecule has 11 heavy (non-hydrogen) atoms. The Morgan fingerprint density at radius 3 is 3.00 bits per heavy atom. The normalized spacial score (nSPS) is 16.5. The Hall–Kier alpha value is -0.760. The maximum Gasteiger partial charge on any atom is 0.164 e. The molecule has 0 unspecified atom stereocenters. The Labute approximate surface area is 71.8 Å². The molecule has 1 aliphatic carbocycles. The van der Waals surface area contributed by atoms with Crippen molar-refractivity contribution in [3.05, 3.63) is 30.7 Å². The molecule has 0 saturated heterocycles. The molecule has 1 nitrogen and oxygen atoms in total. The molecule has 1 rings (SSSR count). The molecule has 0 bridgehead atoms. The molecular weight excluding hydrogens is 156 g/mol. The van der Waals surface area contributed by atoms with E-state index in [0.29, 0.717) is 18.4 Å². The summed E-state index contributed by atoms with van der Waals surface area (Å²) in [4.78, 5) is 11.9. The second kappa shape index (κ2) is 3.58. The largest absolute Gasteiger partial charge is 0.294 e. The zero-order valence-corrected chi connectivity index (χ0v) is 6.99. The van der Waals surface area contributed by atoms with Crippen molar-refractivity contribution in [1.29, 1.82) is 0 Å². The van der Waals surface area contributed by atoms with Crippen molar-refractivity contribution < 1.29 is 4.79 Å². The van der Waals surface area contributed by atoms with Gasteiger partial charge in [-0.25, -0.2) is 0 Å². The minimum atomic E-state index is 0.0411. The van der Waals surface area contributed by atoms with E-state index in [0.717, 1.165) is 4.86 Å². The van der Waals surface area contributed by atoms with Crippen molar-refractivity contribution in [3.8, 4) is 0 Å². The van der Waals surface area contributed by atoms with Crippen LogP contribution in [0.1, 0.15) is 12.8 Å². The van der Waals surface area contributed by atoms with Crippen LogP contribution in [0.2, 0.25) is 0 Å². The van der Waals surface area contributed by atoms with Crippen LogP contribution < -0.4 is 0 Å². The quantitative estimate of drug-likeness (QED) is 0.582. The average Bonchev–Trinajstić information content (AvgIpc) is 2.04. The van der Waals surface area contributed by atoms with E-state index in [1.807, 2.05) is 12.2 Å². The highest BCUT2D eigenvalue weighted by molar-refractivity contribution is 7.81. The second-order valence-electron chi connectivity index (χ2n) is 2.31. The fraction of sp³-hybridized carbons (Fsp3) is 0.222. The lowest BCUT2D eigenvalue weighted by Gasteiger charge is -2.06. The summed E-state index contributed by atoms with van der Waals surface area (Å²) in [5, 5.41) is 0. The van der Waals surface area contributed by atoms with Gasteiger partial charge in [0.15, 0.2) is 5.78 Å². The van der Waals surface area contributed by atoms with Crippen LogP contribution in [0.4, 0.5) is 0 Å².